The van der Waals surface area contributed by atoms with Crippen LogP contribution in [0.1, 0.15) is 53.4 Å². The lowest BCUT2D eigenvalue weighted by molar-refractivity contribution is -0.155. The molecule has 1 unspecified atom stereocenters. The van der Waals surface area contributed by atoms with E-state index < -0.39 is 5.54 Å². The summed E-state index contributed by atoms with van der Waals surface area (Å²) in [5.74, 6) is 1.09. The zero-order valence-electron chi connectivity index (χ0n) is 12.5. The average Bonchev–Trinajstić information content (AvgIpc) is 2.22. The van der Waals surface area contributed by atoms with Gasteiger partial charge in [0.15, 0.2) is 0 Å². The summed E-state index contributed by atoms with van der Waals surface area (Å²) in [7, 11) is 0. The standard InChI is InChI=1S/C15H26N2O2/c1-10(2)8-12-13(18)16-15(3,4)14(19)17(12)9-11-6-5-7-11/h10-12H,5-9H2,1-4H3,(H,16,18). The molecule has 4 heteroatoms. The number of hydrogen-bond acceptors (Lipinski definition) is 2. The number of carbonyl (C=O) groups is 2. The molecule has 0 radical (unpaired) electrons. The molecule has 0 aromatic heterocycles. The molecule has 1 atom stereocenters. The van der Waals surface area contributed by atoms with Gasteiger partial charge >= 0.3 is 0 Å². The minimum absolute atomic E-state index is 0.0117. The van der Waals surface area contributed by atoms with E-state index in [9.17, 15) is 9.59 Å². The highest BCUT2D eigenvalue weighted by molar-refractivity contribution is 5.99. The van der Waals surface area contributed by atoms with Crippen LogP contribution in [0.3, 0.4) is 0 Å². The highest BCUT2D eigenvalue weighted by atomic mass is 16.2. The maximum absolute atomic E-state index is 12.6. The molecule has 1 saturated heterocycles. The van der Waals surface area contributed by atoms with Crippen molar-refractivity contribution in [2.75, 3.05) is 6.54 Å². The van der Waals surface area contributed by atoms with Crippen LogP contribution in [-0.4, -0.2) is 34.8 Å². The normalized spacial score (nSPS) is 27.4. The van der Waals surface area contributed by atoms with E-state index in [1.165, 1.54) is 19.3 Å². The number of piperazine rings is 1. The van der Waals surface area contributed by atoms with Crippen LogP contribution < -0.4 is 5.32 Å². The molecule has 108 valence electrons. The van der Waals surface area contributed by atoms with Crippen LogP contribution in [0.5, 0.6) is 0 Å². The number of rotatable bonds is 4. The second-order valence-corrected chi connectivity index (χ2v) is 7.01. The second-order valence-electron chi connectivity index (χ2n) is 7.01. The molecule has 2 aliphatic rings. The lowest BCUT2D eigenvalue weighted by Gasteiger charge is -2.45. The number of amides is 2. The van der Waals surface area contributed by atoms with Crippen LogP contribution in [0.25, 0.3) is 0 Å². The maximum atomic E-state index is 12.6. The van der Waals surface area contributed by atoms with E-state index in [0.29, 0.717) is 11.8 Å². The monoisotopic (exact) mass is 266 g/mol. The molecule has 0 bridgehead atoms. The average molecular weight is 266 g/mol. The number of hydrogen-bond donors (Lipinski definition) is 1. The Labute approximate surface area is 115 Å². The highest BCUT2D eigenvalue weighted by Gasteiger charge is 2.46. The topological polar surface area (TPSA) is 49.4 Å². The second kappa shape index (κ2) is 5.14. The smallest absolute Gasteiger partial charge is 0.248 e. The van der Waals surface area contributed by atoms with Gasteiger partial charge in [0.2, 0.25) is 11.8 Å². The van der Waals surface area contributed by atoms with E-state index in [-0.39, 0.29) is 17.9 Å². The minimum Gasteiger partial charge on any atom is -0.340 e. The van der Waals surface area contributed by atoms with Crippen molar-refractivity contribution >= 4 is 11.8 Å². The van der Waals surface area contributed by atoms with Gasteiger partial charge in [-0.2, -0.15) is 0 Å². The molecule has 2 rings (SSSR count). The molecule has 0 aromatic rings. The summed E-state index contributed by atoms with van der Waals surface area (Å²) in [6.45, 7) is 8.55. The molecule has 1 aliphatic heterocycles. The van der Waals surface area contributed by atoms with Crippen molar-refractivity contribution in [2.45, 2.75) is 65.0 Å². The van der Waals surface area contributed by atoms with Gasteiger partial charge < -0.3 is 10.2 Å². The molecular weight excluding hydrogens is 240 g/mol. The first kappa shape index (κ1) is 14.4. The number of nitrogens with one attached hydrogen (secondary N) is 1. The SMILES string of the molecule is CC(C)CC1C(=O)NC(C)(C)C(=O)N1CC1CCC1. The molecule has 1 saturated carbocycles. The van der Waals surface area contributed by atoms with E-state index in [4.69, 9.17) is 0 Å². The summed E-state index contributed by atoms with van der Waals surface area (Å²) < 4.78 is 0. The van der Waals surface area contributed by atoms with Crippen molar-refractivity contribution < 1.29 is 9.59 Å². The van der Waals surface area contributed by atoms with Crippen LogP contribution in [0.2, 0.25) is 0 Å². The summed E-state index contributed by atoms with van der Waals surface area (Å²) in [6.07, 6.45) is 4.40. The minimum atomic E-state index is -0.756. The van der Waals surface area contributed by atoms with Crippen LogP contribution >= 0.6 is 0 Å². The van der Waals surface area contributed by atoms with Gasteiger partial charge in [-0.05, 0) is 44.9 Å². The van der Waals surface area contributed by atoms with Crippen molar-refractivity contribution in [1.29, 1.82) is 0 Å². The van der Waals surface area contributed by atoms with Crippen molar-refractivity contribution in [3.8, 4) is 0 Å². The molecule has 2 amide bonds. The lowest BCUT2D eigenvalue weighted by Crippen LogP contribution is -2.68. The Morgan fingerprint density at radius 2 is 1.95 bits per heavy atom. The molecule has 1 N–H and O–H groups in total. The van der Waals surface area contributed by atoms with Gasteiger partial charge in [0, 0.05) is 6.54 Å². The molecule has 0 spiro atoms. The Morgan fingerprint density at radius 3 is 2.42 bits per heavy atom. The third-order valence-corrected chi connectivity index (χ3v) is 4.28. The summed E-state index contributed by atoms with van der Waals surface area (Å²) in [5, 5.41) is 2.87. The fraction of sp³-hybridized carbons (Fsp3) is 0.867. The van der Waals surface area contributed by atoms with Gasteiger partial charge in [-0.25, -0.2) is 0 Å². The first-order chi connectivity index (χ1) is 8.81. The maximum Gasteiger partial charge on any atom is 0.248 e. The third-order valence-electron chi connectivity index (χ3n) is 4.28. The zero-order chi connectivity index (χ0) is 14.2. The number of nitrogens with zero attached hydrogens (tertiary/aromatic N) is 1. The molecular formula is C15H26N2O2. The van der Waals surface area contributed by atoms with Crippen LogP contribution in [0.4, 0.5) is 0 Å². The van der Waals surface area contributed by atoms with Crippen molar-refractivity contribution in [3.63, 3.8) is 0 Å². The van der Waals surface area contributed by atoms with E-state index >= 15 is 0 Å². The van der Waals surface area contributed by atoms with Crippen LogP contribution in [-0.2, 0) is 9.59 Å². The van der Waals surface area contributed by atoms with Crippen LogP contribution in [0, 0.1) is 11.8 Å². The molecule has 2 fully saturated rings. The predicted molar refractivity (Wildman–Crippen MR) is 74.5 cm³/mol. The van der Waals surface area contributed by atoms with E-state index in [1.54, 1.807) is 13.8 Å². The summed E-state index contributed by atoms with van der Waals surface area (Å²) in [6, 6.07) is -0.277. The Kier molecular flexibility index (Phi) is 3.88. The molecule has 4 nitrogen and oxygen atoms in total. The van der Waals surface area contributed by atoms with Gasteiger partial charge in [-0.3, -0.25) is 9.59 Å². The Balaban J connectivity index is 2.17. The van der Waals surface area contributed by atoms with Gasteiger partial charge in [-0.15, -0.1) is 0 Å². The Bertz CT molecular complexity index is 372. The lowest BCUT2D eigenvalue weighted by atomic mass is 9.83. The highest BCUT2D eigenvalue weighted by Crippen LogP contribution is 2.31. The van der Waals surface area contributed by atoms with Gasteiger partial charge in [0.05, 0.1) is 0 Å². The zero-order valence-corrected chi connectivity index (χ0v) is 12.5. The van der Waals surface area contributed by atoms with Gasteiger partial charge in [-0.1, -0.05) is 20.3 Å². The molecule has 19 heavy (non-hydrogen) atoms. The Morgan fingerprint density at radius 1 is 1.32 bits per heavy atom. The van der Waals surface area contributed by atoms with E-state index in [1.807, 2.05) is 4.90 Å². The summed E-state index contributed by atoms with van der Waals surface area (Å²) in [4.78, 5) is 26.7. The van der Waals surface area contributed by atoms with Crippen molar-refractivity contribution in [1.82, 2.24) is 10.2 Å². The summed E-state index contributed by atoms with van der Waals surface area (Å²) >= 11 is 0. The Hall–Kier alpha value is -1.06. The van der Waals surface area contributed by atoms with E-state index in [0.717, 1.165) is 13.0 Å². The van der Waals surface area contributed by atoms with Gasteiger partial charge in [0.25, 0.3) is 0 Å². The third kappa shape index (κ3) is 2.93. The predicted octanol–water partition coefficient (Wildman–Crippen LogP) is 1.94. The van der Waals surface area contributed by atoms with Crippen molar-refractivity contribution in [2.24, 2.45) is 11.8 Å². The van der Waals surface area contributed by atoms with Crippen molar-refractivity contribution in [3.05, 3.63) is 0 Å². The molecule has 1 heterocycles. The van der Waals surface area contributed by atoms with Crippen LogP contribution in [0.15, 0.2) is 0 Å². The van der Waals surface area contributed by atoms with Gasteiger partial charge in [0.1, 0.15) is 11.6 Å². The first-order valence-electron chi connectivity index (χ1n) is 7.44. The molecule has 0 aromatic carbocycles. The first-order valence-corrected chi connectivity index (χ1v) is 7.44. The van der Waals surface area contributed by atoms with E-state index in [2.05, 4.69) is 19.2 Å². The fourth-order valence-electron chi connectivity index (χ4n) is 2.93. The summed E-state index contributed by atoms with van der Waals surface area (Å²) in [5.41, 5.74) is -0.756. The quantitative estimate of drug-likeness (QED) is 0.845. The largest absolute Gasteiger partial charge is 0.340 e. The fourth-order valence-corrected chi connectivity index (χ4v) is 2.93. The molecule has 1 aliphatic carbocycles. The number of carbonyl (C=O) groups excluding carboxylic acids is 2.